The molecule has 1 aromatic heterocycles. The van der Waals surface area contributed by atoms with E-state index < -0.39 is 0 Å². The van der Waals surface area contributed by atoms with Gasteiger partial charge < -0.3 is 10.6 Å². The second-order valence-electron chi connectivity index (χ2n) is 2.84. The molecule has 2 N–H and O–H groups in total. The fourth-order valence-corrected chi connectivity index (χ4v) is 1.37. The van der Waals surface area contributed by atoms with Crippen molar-refractivity contribution in [3.63, 3.8) is 0 Å². The van der Waals surface area contributed by atoms with E-state index in [4.69, 9.17) is 0 Å². The first-order valence-electron chi connectivity index (χ1n) is 4.22. The Morgan fingerprint density at radius 3 is 2.93 bits per heavy atom. The molecule has 1 atom stereocenters. The van der Waals surface area contributed by atoms with Gasteiger partial charge >= 0.3 is 0 Å². The van der Waals surface area contributed by atoms with Crippen LogP contribution in [-0.2, 0) is 4.79 Å². The van der Waals surface area contributed by atoms with Crippen molar-refractivity contribution in [1.82, 2.24) is 10.3 Å². The quantitative estimate of drug-likeness (QED) is 0.861. The van der Waals surface area contributed by atoms with Gasteiger partial charge in [0, 0.05) is 19.4 Å². The minimum absolute atomic E-state index is 0.0475. The Labute approximate surface area is 91.2 Å². The molecule has 0 aromatic carbocycles. The molecule has 14 heavy (non-hydrogen) atoms. The van der Waals surface area contributed by atoms with Crippen LogP contribution in [0.5, 0.6) is 0 Å². The maximum absolute atomic E-state index is 11.2. The smallest absolute Gasteiger partial charge is 0.241 e. The van der Waals surface area contributed by atoms with Gasteiger partial charge in [-0.25, -0.2) is 0 Å². The largest absolute Gasteiger partial charge is 0.373 e. The standard InChI is InChI=1S/C9H12BrN3O/c1-6(9(14)11-2)13-8-3-4-12-5-7(8)10/h3-6H,1-2H3,(H,11,14)(H,12,13)/t6-/m0/s1. The number of nitrogens with one attached hydrogen (secondary N) is 2. The van der Waals surface area contributed by atoms with Gasteiger partial charge in [0.1, 0.15) is 6.04 Å². The zero-order valence-electron chi connectivity index (χ0n) is 8.04. The first-order valence-corrected chi connectivity index (χ1v) is 5.02. The van der Waals surface area contributed by atoms with Crippen molar-refractivity contribution in [2.45, 2.75) is 13.0 Å². The number of amides is 1. The Hall–Kier alpha value is -1.10. The molecule has 0 aliphatic rings. The van der Waals surface area contributed by atoms with E-state index >= 15 is 0 Å². The van der Waals surface area contributed by atoms with Crippen LogP contribution in [0.25, 0.3) is 0 Å². The zero-order chi connectivity index (χ0) is 10.6. The van der Waals surface area contributed by atoms with Crippen LogP contribution in [0.2, 0.25) is 0 Å². The number of anilines is 1. The van der Waals surface area contributed by atoms with Crippen LogP contribution >= 0.6 is 15.9 Å². The highest BCUT2D eigenvalue weighted by Crippen LogP contribution is 2.20. The molecule has 0 radical (unpaired) electrons. The van der Waals surface area contributed by atoms with Crippen molar-refractivity contribution in [3.8, 4) is 0 Å². The molecule has 76 valence electrons. The van der Waals surface area contributed by atoms with Crippen molar-refractivity contribution >= 4 is 27.5 Å². The fourth-order valence-electron chi connectivity index (χ4n) is 1.01. The van der Waals surface area contributed by atoms with Crippen molar-refractivity contribution in [2.75, 3.05) is 12.4 Å². The summed E-state index contributed by atoms with van der Waals surface area (Å²) >= 11 is 3.34. The molecule has 0 fully saturated rings. The van der Waals surface area contributed by atoms with E-state index in [1.165, 1.54) is 0 Å². The van der Waals surface area contributed by atoms with Crippen LogP contribution in [0.1, 0.15) is 6.92 Å². The first kappa shape index (κ1) is 11.0. The number of aromatic nitrogens is 1. The lowest BCUT2D eigenvalue weighted by molar-refractivity contribution is -0.121. The molecule has 0 aliphatic carbocycles. The van der Waals surface area contributed by atoms with Gasteiger partial charge in [-0.1, -0.05) is 0 Å². The van der Waals surface area contributed by atoms with Crippen molar-refractivity contribution in [3.05, 3.63) is 22.9 Å². The third-order valence-corrected chi connectivity index (χ3v) is 2.42. The van der Waals surface area contributed by atoms with E-state index in [9.17, 15) is 4.79 Å². The summed E-state index contributed by atoms with van der Waals surface area (Å²) in [6, 6.07) is 1.54. The number of rotatable bonds is 3. The van der Waals surface area contributed by atoms with Gasteiger partial charge in [-0.2, -0.15) is 0 Å². The molecule has 0 saturated carbocycles. The second-order valence-corrected chi connectivity index (χ2v) is 3.69. The first-order chi connectivity index (χ1) is 6.65. The van der Waals surface area contributed by atoms with Crippen molar-refractivity contribution < 1.29 is 4.79 Å². The highest BCUT2D eigenvalue weighted by atomic mass is 79.9. The fraction of sp³-hybridized carbons (Fsp3) is 0.333. The second kappa shape index (κ2) is 4.95. The van der Waals surface area contributed by atoms with E-state index in [0.717, 1.165) is 10.2 Å². The lowest BCUT2D eigenvalue weighted by Crippen LogP contribution is -2.35. The van der Waals surface area contributed by atoms with E-state index in [-0.39, 0.29) is 11.9 Å². The third kappa shape index (κ3) is 2.70. The van der Waals surface area contributed by atoms with E-state index in [0.29, 0.717) is 0 Å². The minimum atomic E-state index is -0.265. The summed E-state index contributed by atoms with van der Waals surface area (Å²) < 4.78 is 0.843. The maximum Gasteiger partial charge on any atom is 0.241 e. The number of nitrogens with zero attached hydrogens (tertiary/aromatic N) is 1. The molecule has 0 aliphatic heterocycles. The summed E-state index contributed by atoms with van der Waals surface area (Å²) in [6.07, 6.45) is 3.35. The highest BCUT2D eigenvalue weighted by molar-refractivity contribution is 9.10. The van der Waals surface area contributed by atoms with Crippen molar-refractivity contribution in [2.24, 2.45) is 0 Å². The molecule has 4 nitrogen and oxygen atoms in total. The van der Waals surface area contributed by atoms with Gasteiger partial charge in [-0.3, -0.25) is 9.78 Å². The predicted octanol–water partition coefficient (Wildman–Crippen LogP) is 1.39. The molecule has 1 aromatic rings. The topological polar surface area (TPSA) is 54.0 Å². The van der Waals surface area contributed by atoms with E-state index in [1.807, 2.05) is 6.07 Å². The van der Waals surface area contributed by atoms with Gasteiger partial charge in [0.15, 0.2) is 0 Å². The summed E-state index contributed by atoms with van der Waals surface area (Å²) in [7, 11) is 1.61. The number of likely N-dealkylation sites (N-methyl/N-ethyl adjacent to an activating group) is 1. The summed E-state index contributed by atoms with van der Waals surface area (Å²) in [5, 5.41) is 5.63. The molecular weight excluding hydrogens is 246 g/mol. The number of carbonyl (C=O) groups is 1. The van der Waals surface area contributed by atoms with Gasteiger partial charge in [-0.05, 0) is 28.9 Å². The normalized spacial score (nSPS) is 11.9. The average molecular weight is 258 g/mol. The van der Waals surface area contributed by atoms with Crippen LogP contribution in [0.3, 0.4) is 0 Å². The zero-order valence-corrected chi connectivity index (χ0v) is 9.63. The SMILES string of the molecule is CNC(=O)[C@H](C)Nc1ccncc1Br. The van der Waals surface area contributed by atoms with Crippen LogP contribution in [0.4, 0.5) is 5.69 Å². The van der Waals surface area contributed by atoms with Gasteiger partial charge in [-0.15, -0.1) is 0 Å². The van der Waals surface area contributed by atoms with Crippen LogP contribution < -0.4 is 10.6 Å². The molecule has 0 bridgehead atoms. The van der Waals surface area contributed by atoms with Gasteiger partial charge in [0.25, 0.3) is 0 Å². The van der Waals surface area contributed by atoms with Crippen LogP contribution in [0, 0.1) is 0 Å². The lowest BCUT2D eigenvalue weighted by atomic mass is 10.3. The molecule has 0 unspecified atom stereocenters. The van der Waals surface area contributed by atoms with Crippen LogP contribution in [0.15, 0.2) is 22.9 Å². The van der Waals surface area contributed by atoms with E-state index in [2.05, 4.69) is 31.5 Å². The predicted molar refractivity (Wildman–Crippen MR) is 59.1 cm³/mol. The number of carbonyl (C=O) groups excluding carboxylic acids is 1. The maximum atomic E-state index is 11.2. The molecular formula is C9H12BrN3O. The summed E-state index contributed by atoms with van der Waals surface area (Å²) in [5.41, 5.74) is 0.858. The number of pyridine rings is 1. The molecule has 1 amide bonds. The van der Waals surface area contributed by atoms with E-state index in [1.54, 1.807) is 26.4 Å². The Morgan fingerprint density at radius 1 is 1.64 bits per heavy atom. The number of halogens is 1. The summed E-state index contributed by atoms with van der Waals surface area (Å²) in [4.78, 5) is 15.2. The molecule has 0 saturated heterocycles. The summed E-state index contributed by atoms with van der Waals surface area (Å²) in [5.74, 6) is -0.0475. The highest BCUT2D eigenvalue weighted by Gasteiger charge is 2.11. The van der Waals surface area contributed by atoms with Crippen LogP contribution in [-0.4, -0.2) is 24.0 Å². The number of hydrogen-bond donors (Lipinski definition) is 2. The molecule has 1 rings (SSSR count). The molecule has 0 spiro atoms. The lowest BCUT2D eigenvalue weighted by Gasteiger charge is -2.14. The Bertz CT molecular complexity index is 330. The van der Waals surface area contributed by atoms with Gasteiger partial charge in [0.2, 0.25) is 5.91 Å². The third-order valence-electron chi connectivity index (χ3n) is 1.78. The molecule has 5 heteroatoms. The summed E-state index contributed by atoms with van der Waals surface area (Å²) in [6.45, 7) is 1.80. The Morgan fingerprint density at radius 2 is 2.36 bits per heavy atom. The minimum Gasteiger partial charge on any atom is -0.373 e. The van der Waals surface area contributed by atoms with Gasteiger partial charge in [0.05, 0.1) is 10.2 Å². The average Bonchev–Trinajstić information content (AvgIpc) is 2.20. The molecule has 1 heterocycles. The Kier molecular flexibility index (Phi) is 3.88. The van der Waals surface area contributed by atoms with Crippen molar-refractivity contribution in [1.29, 1.82) is 0 Å². The monoisotopic (exact) mass is 257 g/mol. The number of hydrogen-bond acceptors (Lipinski definition) is 3. The Balaban J connectivity index is 2.69.